The molecule has 0 saturated heterocycles. The van der Waals surface area contributed by atoms with E-state index in [9.17, 15) is 9.59 Å². The van der Waals surface area contributed by atoms with Gasteiger partial charge in [0, 0.05) is 53.0 Å². The van der Waals surface area contributed by atoms with Crippen LogP contribution in [-0.4, -0.2) is 49.7 Å². The quantitative estimate of drug-likeness (QED) is 0.258. The zero-order valence-corrected chi connectivity index (χ0v) is 21.9. The number of hydrogen-bond acceptors (Lipinski definition) is 4. The van der Waals surface area contributed by atoms with Crippen LogP contribution in [0.5, 0.6) is 0 Å². The van der Waals surface area contributed by atoms with Crippen molar-refractivity contribution in [3.8, 4) is 22.5 Å². The van der Waals surface area contributed by atoms with Crippen molar-refractivity contribution in [3.63, 3.8) is 0 Å². The zero-order valence-electron chi connectivity index (χ0n) is 21.9. The van der Waals surface area contributed by atoms with Crippen molar-refractivity contribution in [1.82, 2.24) is 9.89 Å². The van der Waals surface area contributed by atoms with E-state index in [4.69, 9.17) is 9.52 Å². The Labute approximate surface area is 217 Å². The number of carboxylic acid groups (broad SMARTS) is 1. The maximum atomic E-state index is 13.0. The fraction of sp³-hybridized carbons (Fsp3) is 0.300. The van der Waals surface area contributed by atoms with Crippen LogP contribution in [-0.2, 0) is 4.79 Å². The molecule has 0 saturated carbocycles. The summed E-state index contributed by atoms with van der Waals surface area (Å²) < 4.78 is 8.78. The number of nitrogens with zero attached hydrogens (tertiary/aromatic N) is 2. The van der Waals surface area contributed by atoms with Crippen LogP contribution < -0.4 is 20.1 Å². The lowest BCUT2D eigenvalue weighted by Crippen LogP contribution is -2.29. The third-order valence-electron chi connectivity index (χ3n) is 6.79. The summed E-state index contributed by atoms with van der Waals surface area (Å²) in [5, 5.41) is 13.5. The Balaban J connectivity index is 2.05. The molecule has 2 aromatic carbocycles. The van der Waals surface area contributed by atoms with Crippen LogP contribution in [0.1, 0.15) is 38.1 Å². The first-order valence-electron chi connectivity index (χ1n) is 12.8. The second-order valence-electron chi connectivity index (χ2n) is 8.80. The Kier molecular flexibility index (Phi) is 7.92. The van der Waals surface area contributed by atoms with Crippen molar-refractivity contribution >= 4 is 28.5 Å². The summed E-state index contributed by atoms with van der Waals surface area (Å²) in [5.41, 5.74) is 4.70. The lowest BCUT2D eigenvalue weighted by Gasteiger charge is -2.22. The van der Waals surface area contributed by atoms with Crippen LogP contribution in [0.4, 0.5) is 5.69 Å². The predicted molar refractivity (Wildman–Crippen MR) is 148 cm³/mol. The largest absolute Gasteiger partial charge is 0.480 e. The number of carbonyl (C=O) groups is 2. The molecule has 7 heteroatoms. The van der Waals surface area contributed by atoms with Gasteiger partial charge in [0.2, 0.25) is 5.36 Å². The molecule has 0 fully saturated rings. The molecular formula is C30H34N3O4+. The van der Waals surface area contributed by atoms with E-state index in [-0.39, 0.29) is 0 Å². The van der Waals surface area contributed by atoms with Crippen LogP contribution in [0.3, 0.4) is 0 Å². The number of amides is 1. The van der Waals surface area contributed by atoms with Gasteiger partial charge in [-0.2, -0.15) is 0 Å². The molecule has 2 aliphatic rings. The summed E-state index contributed by atoms with van der Waals surface area (Å²) in [6.07, 6.45) is 0. The fourth-order valence-corrected chi connectivity index (χ4v) is 4.88. The number of nitrogens with one attached hydrogen (secondary N) is 1. The molecule has 0 unspecified atom stereocenters. The van der Waals surface area contributed by atoms with Crippen LogP contribution in [0.25, 0.3) is 33.4 Å². The molecule has 1 heterocycles. The molecule has 7 nitrogen and oxygen atoms in total. The van der Waals surface area contributed by atoms with E-state index in [1.165, 1.54) is 0 Å². The molecule has 0 radical (unpaired) electrons. The van der Waals surface area contributed by atoms with E-state index in [0.29, 0.717) is 5.56 Å². The first-order valence-corrected chi connectivity index (χ1v) is 12.8. The van der Waals surface area contributed by atoms with Gasteiger partial charge in [-0.25, -0.2) is 4.58 Å². The minimum Gasteiger partial charge on any atom is -0.480 e. The van der Waals surface area contributed by atoms with Crippen LogP contribution in [0.15, 0.2) is 65.1 Å². The van der Waals surface area contributed by atoms with Gasteiger partial charge in [-0.1, -0.05) is 18.2 Å². The van der Waals surface area contributed by atoms with Gasteiger partial charge in [-0.3, -0.25) is 9.59 Å². The van der Waals surface area contributed by atoms with Crippen molar-refractivity contribution in [3.05, 3.63) is 71.6 Å². The molecule has 1 aliphatic heterocycles. The van der Waals surface area contributed by atoms with Gasteiger partial charge in [-0.05, 0) is 57.5 Å². The van der Waals surface area contributed by atoms with Gasteiger partial charge in [0.15, 0.2) is 0 Å². The summed E-state index contributed by atoms with van der Waals surface area (Å²) in [6.45, 7) is 11.6. The lowest BCUT2D eigenvalue weighted by atomic mass is 9.90. The van der Waals surface area contributed by atoms with E-state index in [0.717, 1.165) is 70.6 Å². The summed E-state index contributed by atoms with van der Waals surface area (Å²) >= 11 is 0. The van der Waals surface area contributed by atoms with E-state index in [1.54, 1.807) is 12.1 Å². The van der Waals surface area contributed by atoms with E-state index < -0.39 is 18.4 Å². The van der Waals surface area contributed by atoms with Gasteiger partial charge < -0.3 is 19.7 Å². The Bertz CT molecular complexity index is 1480. The van der Waals surface area contributed by atoms with Crippen molar-refractivity contribution < 1.29 is 19.1 Å². The number of hydrogen-bond donors (Lipinski definition) is 2. The maximum absolute atomic E-state index is 13.0. The standard InChI is InChI=1S/C30H33N3O4/c1-5-32(6-2)20-13-15-24-26(17-20)37-27-18-21(33(7-3)8-4)14-16-25(27)29(24)22-11-9-10-12-23(22)30(36)31-19-28(34)35/h9-18H,5-8,19H2,1-4H3,(H-,31,34,35,36)/p+1. The molecule has 4 rings (SSSR count). The Morgan fingerprint density at radius 1 is 0.919 bits per heavy atom. The number of rotatable bonds is 9. The third kappa shape index (κ3) is 5.21. The van der Waals surface area contributed by atoms with Crippen LogP contribution >= 0.6 is 0 Å². The molecule has 1 amide bonds. The van der Waals surface area contributed by atoms with Gasteiger partial charge in [0.25, 0.3) is 5.91 Å². The number of benzene rings is 3. The molecule has 37 heavy (non-hydrogen) atoms. The van der Waals surface area contributed by atoms with Gasteiger partial charge in [-0.15, -0.1) is 0 Å². The minimum absolute atomic E-state index is 0.415. The molecule has 1 aliphatic carbocycles. The smallest absolute Gasteiger partial charge is 0.322 e. The highest BCUT2D eigenvalue weighted by molar-refractivity contribution is 6.09. The second kappa shape index (κ2) is 11.3. The first-order chi connectivity index (χ1) is 17.9. The summed E-state index contributed by atoms with van der Waals surface area (Å²) in [7, 11) is 0. The van der Waals surface area contributed by atoms with Gasteiger partial charge in [0.1, 0.15) is 31.0 Å². The molecule has 2 N–H and O–H groups in total. The number of fused-ring (bicyclic) bond motifs is 2. The van der Waals surface area contributed by atoms with Gasteiger partial charge >= 0.3 is 5.97 Å². The molecular weight excluding hydrogens is 466 g/mol. The topological polar surface area (TPSA) is 85.8 Å². The monoisotopic (exact) mass is 500 g/mol. The maximum Gasteiger partial charge on any atom is 0.322 e. The fourth-order valence-electron chi connectivity index (χ4n) is 4.88. The Hall–Kier alpha value is -4.13. The summed E-state index contributed by atoms with van der Waals surface area (Å²) in [6, 6.07) is 19.7. The SMILES string of the molecule is CCN(CC)c1ccc2c(-c3ccccc3C(=O)NCC(=O)O)c3ccc(=[N+](CC)CC)cc-3oc2c1. The van der Waals surface area contributed by atoms with E-state index in [1.807, 2.05) is 24.3 Å². The molecule has 2 aromatic rings. The van der Waals surface area contributed by atoms with Gasteiger partial charge in [0.05, 0.1) is 6.07 Å². The summed E-state index contributed by atoms with van der Waals surface area (Å²) in [4.78, 5) is 26.4. The molecule has 0 spiro atoms. The number of carbonyl (C=O) groups excluding carboxylic acids is 1. The Morgan fingerprint density at radius 3 is 2.32 bits per heavy atom. The first kappa shape index (κ1) is 25.9. The molecule has 0 atom stereocenters. The lowest BCUT2D eigenvalue weighted by molar-refractivity contribution is -0.135. The predicted octanol–water partition coefficient (Wildman–Crippen LogP) is 4.68. The van der Waals surface area contributed by atoms with Crippen molar-refractivity contribution in [2.45, 2.75) is 27.7 Å². The third-order valence-corrected chi connectivity index (χ3v) is 6.79. The van der Waals surface area contributed by atoms with Crippen LogP contribution in [0, 0.1) is 0 Å². The van der Waals surface area contributed by atoms with Crippen molar-refractivity contribution in [1.29, 1.82) is 0 Å². The average Bonchev–Trinajstić information content (AvgIpc) is 2.91. The zero-order chi connectivity index (χ0) is 26.5. The molecule has 0 aromatic heterocycles. The van der Waals surface area contributed by atoms with E-state index >= 15 is 0 Å². The number of carboxylic acids is 1. The second-order valence-corrected chi connectivity index (χ2v) is 8.80. The molecule has 192 valence electrons. The highest BCUT2D eigenvalue weighted by atomic mass is 16.4. The van der Waals surface area contributed by atoms with E-state index in [2.05, 4.69) is 66.8 Å². The molecule has 0 bridgehead atoms. The minimum atomic E-state index is -1.09. The highest BCUT2D eigenvalue weighted by Gasteiger charge is 2.23. The van der Waals surface area contributed by atoms with Crippen molar-refractivity contribution in [2.75, 3.05) is 37.6 Å². The van der Waals surface area contributed by atoms with Crippen LogP contribution in [0.2, 0.25) is 0 Å². The average molecular weight is 501 g/mol. The Morgan fingerprint density at radius 2 is 1.65 bits per heavy atom. The number of anilines is 1. The normalized spacial score (nSPS) is 11.0. The van der Waals surface area contributed by atoms with Crippen molar-refractivity contribution in [2.24, 2.45) is 0 Å². The number of aliphatic carboxylic acids is 1. The highest BCUT2D eigenvalue weighted by Crippen LogP contribution is 2.42. The summed E-state index contributed by atoms with van der Waals surface area (Å²) in [5.74, 6) is -0.794.